The van der Waals surface area contributed by atoms with Crippen LogP contribution in [0.2, 0.25) is 0 Å². The maximum atomic E-state index is 8.11. The maximum absolute atomic E-state index is 8.11. The lowest BCUT2D eigenvalue weighted by atomic mass is 10.7. The van der Waals surface area contributed by atoms with Crippen LogP contribution in [0.3, 0.4) is 0 Å². The Balaban J connectivity index is 3.04. The fraction of sp³-hybridized carbons (Fsp3) is 0. The summed E-state index contributed by atoms with van der Waals surface area (Å²) in [5.74, 6) is 0. The van der Waals surface area contributed by atoms with Crippen molar-refractivity contribution >= 4 is 0 Å². The van der Waals surface area contributed by atoms with Gasteiger partial charge in [0.1, 0.15) is 0 Å². The molecule has 1 heterocycles. The summed E-state index contributed by atoms with van der Waals surface area (Å²) in [6, 6.07) is 3.44. The van der Waals surface area contributed by atoms with E-state index in [0.29, 0.717) is 0 Å². The molecule has 0 aromatic carbocycles. The lowest BCUT2D eigenvalue weighted by molar-refractivity contribution is 1.09. The number of nitriles is 1. The minimum absolute atomic E-state index is 1.31. The van der Waals surface area contributed by atoms with Gasteiger partial charge in [-0.1, -0.05) is 0 Å². The maximum Gasteiger partial charge on any atom is 0.188 e. The summed E-state index contributed by atoms with van der Waals surface area (Å²) < 4.78 is 1.31. The minimum Gasteiger partial charge on any atom is -0.253 e. The summed E-state index contributed by atoms with van der Waals surface area (Å²) in [5.41, 5.74) is 0. The average Bonchev–Trinajstić information content (AvgIpc) is 2.14. The predicted molar refractivity (Wildman–Crippen MR) is 24.3 cm³/mol. The van der Waals surface area contributed by atoms with Crippen LogP contribution in [0.1, 0.15) is 0 Å². The molecular weight excluding hydrogens is 88.1 g/mol. The van der Waals surface area contributed by atoms with Crippen molar-refractivity contribution in [2.45, 2.75) is 0 Å². The van der Waals surface area contributed by atoms with Crippen LogP contribution in [0.25, 0.3) is 0 Å². The fourth-order valence-corrected chi connectivity index (χ4v) is 0.358. The van der Waals surface area contributed by atoms with Crippen molar-refractivity contribution in [2.75, 3.05) is 0 Å². The number of nitrogens with zero attached hydrogens (tertiary/aromatic N) is 2. The third-order valence-corrected chi connectivity index (χ3v) is 0.653. The highest BCUT2D eigenvalue weighted by molar-refractivity contribution is 4.95. The van der Waals surface area contributed by atoms with E-state index in [2.05, 4.69) is 6.20 Å². The van der Waals surface area contributed by atoms with Crippen LogP contribution >= 0.6 is 0 Å². The Hall–Kier alpha value is -1.23. The molecule has 1 aromatic rings. The molecule has 1 aromatic heterocycles. The SMILES string of the molecule is N#Cn1[c]ccc1. The van der Waals surface area contributed by atoms with Gasteiger partial charge in [0.25, 0.3) is 0 Å². The molecule has 0 aliphatic heterocycles. The van der Waals surface area contributed by atoms with Crippen molar-refractivity contribution in [1.82, 2.24) is 4.57 Å². The molecule has 0 unspecified atom stereocenters. The van der Waals surface area contributed by atoms with Crippen molar-refractivity contribution in [3.05, 3.63) is 24.5 Å². The van der Waals surface area contributed by atoms with Crippen LogP contribution in [0.4, 0.5) is 0 Å². The molecule has 7 heavy (non-hydrogen) atoms. The molecule has 0 aliphatic rings. The van der Waals surface area contributed by atoms with Gasteiger partial charge in [-0.2, -0.15) is 5.26 Å². The smallest absolute Gasteiger partial charge is 0.188 e. The largest absolute Gasteiger partial charge is 0.253 e. The van der Waals surface area contributed by atoms with Gasteiger partial charge >= 0.3 is 0 Å². The summed E-state index contributed by atoms with van der Waals surface area (Å²) in [4.78, 5) is 0. The first-order chi connectivity index (χ1) is 3.43. The average molecular weight is 91.1 g/mol. The van der Waals surface area contributed by atoms with Gasteiger partial charge in [0, 0.05) is 6.20 Å². The molecule has 1 rings (SSSR count). The van der Waals surface area contributed by atoms with E-state index in [1.54, 1.807) is 18.3 Å². The standard InChI is InChI=1S/C5H3N2/c6-5-7-3-1-2-4-7/h1-3H. The summed E-state index contributed by atoms with van der Waals surface area (Å²) in [7, 11) is 0. The first-order valence-corrected chi connectivity index (χ1v) is 1.88. The second kappa shape index (κ2) is 1.48. The van der Waals surface area contributed by atoms with Crippen LogP contribution in [0, 0.1) is 17.7 Å². The van der Waals surface area contributed by atoms with Crippen LogP contribution in [0.15, 0.2) is 18.3 Å². The Morgan fingerprint density at radius 2 is 2.57 bits per heavy atom. The van der Waals surface area contributed by atoms with E-state index in [1.165, 1.54) is 4.57 Å². The minimum atomic E-state index is 1.31. The molecule has 0 bridgehead atoms. The normalized spacial score (nSPS) is 7.86. The number of aromatic nitrogens is 1. The molecule has 0 spiro atoms. The molecule has 0 saturated heterocycles. The lowest BCUT2D eigenvalue weighted by Crippen LogP contribution is -1.77. The molecule has 1 radical (unpaired) electrons. The van der Waals surface area contributed by atoms with Gasteiger partial charge in [0.2, 0.25) is 0 Å². The van der Waals surface area contributed by atoms with Gasteiger partial charge in [0.05, 0.1) is 6.20 Å². The molecule has 0 aliphatic carbocycles. The van der Waals surface area contributed by atoms with E-state index >= 15 is 0 Å². The third kappa shape index (κ3) is 0.606. The van der Waals surface area contributed by atoms with Gasteiger partial charge in [-0.05, 0) is 12.1 Å². The van der Waals surface area contributed by atoms with Gasteiger partial charge in [0.15, 0.2) is 6.19 Å². The molecule has 2 nitrogen and oxygen atoms in total. The molecule has 0 atom stereocenters. The lowest BCUT2D eigenvalue weighted by Gasteiger charge is -1.72. The Labute approximate surface area is 41.6 Å². The Morgan fingerprint density at radius 1 is 1.71 bits per heavy atom. The van der Waals surface area contributed by atoms with E-state index in [0.717, 1.165) is 0 Å². The van der Waals surface area contributed by atoms with Crippen LogP contribution in [-0.2, 0) is 0 Å². The molecule has 0 saturated carbocycles. The third-order valence-electron chi connectivity index (χ3n) is 0.653. The first kappa shape index (κ1) is 3.94. The number of rotatable bonds is 0. The monoisotopic (exact) mass is 91.0 g/mol. The highest BCUT2D eigenvalue weighted by Crippen LogP contribution is 1.81. The molecule has 0 N–H and O–H groups in total. The zero-order valence-electron chi connectivity index (χ0n) is 3.63. The second-order valence-electron chi connectivity index (χ2n) is 1.11. The molecule has 2 heteroatoms. The fourth-order valence-electron chi connectivity index (χ4n) is 0.358. The molecule has 0 amide bonds. The summed E-state index contributed by atoms with van der Waals surface area (Å²) >= 11 is 0. The highest BCUT2D eigenvalue weighted by atomic mass is 14.9. The van der Waals surface area contributed by atoms with Crippen molar-refractivity contribution in [3.8, 4) is 6.19 Å². The van der Waals surface area contributed by atoms with Crippen molar-refractivity contribution in [2.24, 2.45) is 0 Å². The summed E-state index contributed by atoms with van der Waals surface area (Å²) in [5, 5.41) is 8.11. The van der Waals surface area contributed by atoms with Gasteiger partial charge in [-0.25, -0.2) is 0 Å². The summed E-state index contributed by atoms with van der Waals surface area (Å²) in [6.07, 6.45) is 6.15. The first-order valence-electron chi connectivity index (χ1n) is 1.88. The Morgan fingerprint density at radius 3 is 2.86 bits per heavy atom. The van der Waals surface area contributed by atoms with Crippen molar-refractivity contribution < 1.29 is 0 Å². The molecular formula is C5H3N2. The van der Waals surface area contributed by atoms with E-state index in [1.807, 2.05) is 6.19 Å². The number of hydrogen-bond acceptors (Lipinski definition) is 1. The van der Waals surface area contributed by atoms with Crippen LogP contribution in [0.5, 0.6) is 0 Å². The summed E-state index contributed by atoms with van der Waals surface area (Å²) in [6.45, 7) is 0. The topological polar surface area (TPSA) is 28.7 Å². The number of hydrogen-bond donors (Lipinski definition) is 0. The van der Waals surface area contributed by atoms with Gasteiger partial charge in [-0.3, -0.25) is 4.57 Å². The quantitative estimate of drug-likeness (QED) is 0.460. The highest BCUT2D eigenvalue weighted by Gasteiger charge is 1.76. The second-order valence-corrected chi connectivity index (χ2v) is 1.11. The molecule has 0 fully saturated rings. The Kier molecular flexibility index (Phi) is 0.833. The van der Waals surface area contributed by atoms with Crippen LogP contribution in [-0.4, -0.2) is 4.57 Å². The van der Waals surface area contributed by atoms with Gasteiger partial charge < -0.3 is 0 Å². The van der Waals surface area contributed by atoms with Gasteiger partial charge in [-0.15, -0.1) is 0 Å². The zero-order chi connectivity index (χ0) is 5.11. The van der Waals surface area contributed by atoms with Crippen molar-refractivity contribution in [3.63, 3.8) is 0 Å². The van der Waals surface area contributed by atoms with E-state index in [-0.39, 0.29) is 0 Å². The molecule has 33 valence electrons. The van der Waals surface area contributed by atoms with E-state index < -0.39 is 0 Å². The van der Waals surface area contributed by atoms with E-state index in [9.17, 15) is 0 Å². The Bertz CT molecular complexity index is 168. The van der Waals surface area contributed by atoms with E-state index in [4.69, 9.17) is 5.26 Å². The predicted octanol–water partition coefficient (Wildman–Crippen LogP) is 0.617. The van der Waals surface area contributed by atoms with Crippen LogP contribution < -0.4 is 0 Å². The zero-order valence-corrected chi connectivity index (χ0v) is 3.63. The van der Waals surface area contributed by atoms with Crippen molar-refractivity contribution in [1.29, 1.82) is 5.26 Å².